The number of carbonyl (C=O) groups excluding carboxylic acids is 3. The van der Waals surface area contributed by atoms with Crippen LogP contribution in [0.3, 0.4) is 0 Å². The Morgan fingerprint density at radius 1 is 0.636 bits per heavy atom. The standard InChI is InChI=1S/C21H27N3O9/c1-7-13(25)19(4,31)10-22-16(28)23(11-20(5,32)14(26)8-2)18(30)24(17(22)29)12-21(6,33)15(27)9-3/h7-9,31-33H,1-3,10-12H2,4-6H3. The lowest BCUT2D eigenvalue weighted by Gasteiger charge is -2.26. The van der Waals surface area contributed by atoms with Crippen molar-refractivity contribution in [2.45, 2.75) is 57.2 Å². The van der Waals surface area contributed by atoms with E-state index in [-0.39, 0.29) is 0 Å². The summed E-state index contributed by atoms with van der Waals surface area (Å²) >= 11 is 0. The van der Waals surface area contributed by atoms with Gasteiger partial charge in [-0.2, -0.15) is 0 Å². The highest BCUT2D eigenvalue weighted by atomic mass is 16.3. The Morgan fingerprint density at radius 3 is 0.970 bits per heavy atom. The summed E-state index contributed by atoms with van der Waals surface area (Å²) in [5.74, 6) is -2.83. The SMILES string of the molecule is C=CC(=O)C(C)(O)Cn1c(=O)n(CC(C)(O)C(=O)C=C)c(=O)n(CC(C)(O)C(=O)C=C)c1=O. The first-order valence-electron chi connectivity index (χ1n) is 9.59. The fraction of sp³-hybridized carbons (Fsp3) is 0.429. The van der Waals surface area contributed by atoms with Crippen molar-refractivity contribution in [2.75, 3.05) is 0 Å². The van der Waals surface area contributed by atoms with Gasteiger partial charge in [0.15, 0.2) is 17.3 Å². The molecule has 3 unspecified atom stereocenters. The third-order valence-corrected chi connectivity index (χ3v) is 4.93. The van der Waals surface area contributed by atoms with Crippen LogP contribution >= 0.6 is 0 Å². The van der Waals surface area contributed by atoms with E-state index in [1.165, 1.54) is 0 Å². The number of aliphatic hydroxyl groups is 3. The van der Waals surface area contributed by atoms with Crippen molar-refractivity contribution in [3.8, 4) is 0 Å². The molecule has 33 heavy (non-hydrogen) atoms. The van der Waals surface area contributed by atoms with Crippen molar-refractivity contribution in [1.82, 2.24) is 13.7 Å². The predicted molar refractivity (Wildman–Crippen MR) is 117 cm³/mol. The second-order valence-corrected chi connectivity index (χ2v) is 8.13. The molecule has 3 atom stereocenters. The molecule has 1 aromatic heterocycles. The molecule has 12 heteroatoms. The maximum absolute atomic E-state index is 13.0. The minimum absolute atomic E-state index is 0.311. The molecule has 0 amide bonds. The lowest BCUT2D eigenvalue weighted by molar-refractivity contribution is -0.132. The maximum Gasteiger partial charge on any atom is 0.336 e. The molecule has 0 aliphatic heterocycles. The van der Waals surface area contributed by atoms with Crippen LogP contribution in [0.25, 0.3) is 0 Å². The van der Waals surface area contributed by atoms with Gasteiger partial charge in [-0.25, -0.2) is 28.1 Å². The summed E-state index contributed by atoms with van der Waals surface area (Å²) in [4.78, 5) is 74.8. The van der Waals surface area contributed by atoms with Crippen LogP contribution in [0.2, 0.25) is 0 Å². The molecule has 0 bridgehead atoms. The van der Waals surface area contributed by atoms with Gasteiger partial charge >= 0.3 is 17.1 Å². The van der Waals surface area contributed by atoms with Gasteiger partial charge in [-0.15, -0.1) is 0 Å². The molecular formula is C21H27N3O9. The van der Waals surface area contributed by atoms with E-state index >= 15 is 0 Å². The second kappa shape index (κ2) is 9.57. The van der Waals surface area contributed by atoms with Crippen LogP contribution in [0.5, 0.6) is 0 Å². The van der Waals surface area contributed by atoms with Crippen LogP contribution in [0.1, 0.15) is 20.8 Å². The third kappa shape index (κ3) is 5.66. The maximum atomic E-state index is 13.0. The van der Waals surface area contributed by atoms with E-state index in [0.717, 1.165) is 39.0 Å². The molecule has 0 radical (unpaired) electrons. The monoisotopic (exact) mass is 465 g/mol. The Labute approximate surface area is 188 Å². The fourth-order valence-electron chi connectivity index (χ4n) is 2.91. The van der Waals surface area contributed by atoms with Crippen LogP contribution in [0.4, 0.5) is 0 Å². The predicted octanol–water partition coefficient (Wildman–Crippen LogP) is -2.31. The number of hydrogen-bond acceptors (Lipinski definition) is 9. The van der Waals surface area contributed by atoms with E-state index in [1.54, 1.807) is 0 Å². The molecule has 0 aromatic carbocycles. The lowest BCUT2D eigenvalue weighted by Crippen LogP contribution is -2.61. The zero-order valence-corrected chi connectivity index (χ0v) is 18.6. The fourth-order valence-corrected chi connectivity index (χ4v) is 2.91. The summed E-state index contributed by atoms with van der Waals surface area (Å²) in [5.41, 5.74) is -11.0. The number of hydrogen-bond donors (Lipinski definition) is 3. The summed E-state index contributed by atoms with van der Waals surface area (Å²) in [7, 11) is 0. The third-order valence-electron chi connectivity index (χ3n) is 4.93. The van der Waals surface area contributed by atoms with E-state index in [2.05, 4.69) is 19.7 Å². The Bertz CT molecular complexity index is 1010. The molecule has 1 heterocycles. The van der Waals surface area contributed by atoms with Crippen molar-refractivity contribution < 1.29 is 29.7 Å². The van der Waals surface area contributed by atoms with E-state index in [4.69, 9.17) is 0 Å². The van der Waals surface area contributed by atoms with Gasteiger partial charge in [-0.05, 0) is 39.0 Å². The summed E-state index contributed by atoms with van der Waals surface area (Å²) < 4.78 is 0.934. The van der Waals surface area contributed by atoms with Gasteiger partial charge < -0.3 is 15.3 Å². The van der Waals surface area contributed by atoms with Crippen molar-refractivity contribution in [1.29, 1.82) is 0 Å². The van der Waals surface area contributed by atoms with Crippen molar-refractivity contribution in [2.24, 2.45) is 0 Å². The van der Waals surface area contributed by atoms with Crippen LogP contribution in [0.15, 0.2) is 52.3 Å². The van der Waals surface area contributed by atoms with E-state index in [9.17, 15) is 44.1 Å². The molecule has 1 rings (SSSR count). The average molecular weight is 465 g/mol. The normalized spacial score (nSPS) is 16.5. The van der Waals surface area contributed by atoms with Gasteiger partial charge in [0.25, 0.3) is 0 Å². The van der Waals surface area contributed by atoms with Crippen LogP contribution in [-0.2, 0) is 34.0 Å². The van der Waals surface area contributed by atoms with E-state index in [0.29, 0.717) is 13.7 Å². The summed E-state index contributed by atoms with van der Waals surface area (Å²) in [6, 6.07) is 0. The smallest absolute Gasteiger partial charge is 0.336 e. The minimum Gasteiger partial charge on any atom is -0.380 e. The molecule has 3 N–H and O–H groups in total. The highest BCUT2D eigenvalue weighted by Crippen LogP contribution is 2.11. The molecular weight excluding hydrogens is 438 g/mol. The number of rotatable bonds is 12. The van der Waals surface area contributed by atoms with Crippen LogP contribution in [0, 0.1) is 0 Å². The number of carbonyl (C=O) groups is 3. The Balaban J connectivity index is 3.95. The number of aromatic nitrogens is 3. The molecule has 0 saturated carbocycles. The minimum atomic E-state index is -2.30. The van der Waals surface area contributed by atoms with Gasteiger partial charge in [0.05, 0.1) is 19.6 Å². The molecule has 180 valence electrons. The van der Waals surface area contributed by atoms with Gasteiger partial charge in [-0.1, -0.05) is 19.7 Å². The summed E-state index contributed by atoms with van der Waals surface area (Å²) in [5, 5.41) is 31.2. The van der Waals surface area contributed by atoms with Crippen LogP contribution in [-0.4, -0.2) is 63.2 Å². The molecule has 1 aromatic rings. The summed E-state index contributed by atoms with van der Waals surface area (Å²) in [6.07, 6.45) is 2.29. The van der Waals surface area contributed by atoms with Crippen molar-refractivity contribution in [3.63, 3.8) is 0 Å². The Morgan fingerprint density at radius 2 is 0.818 bits per heavy atom. The number of nitrogens with zero attached hydrogens (tertiary/aromatic N) is 3. The first-order chi connectivity index (χ1) is 15.0. The highest BCUT2D eigenvalue weighted by molar-refractivity contribution is 5.96. The molecule has 12 nitrogen and oxygen atoms in total. The zero-order valence-electron chi connectivity index (χ0n) is 18.6. The highest BCUT2D eigenvalue weighted by Gasteiger charge is 2.36. The molecule has 0 fully saturated rings. The van der Waals surface area contributed by atoms with Crippen LogP contribution < -0.4 is 17.1 Å². The van der Waals surface area contributed by atoms with E-state index in [1.807, 2.05) is 0 Å². The largest absolute Gasteiger partial charge is 0.380 e. The Hall–Kier alpha value is -3.48. The number of ketones is 3. The Kier molecular flexibility index (Phi) is 7.99. The van der Waals surface area contributed by atoms with Gasteiger partial charge in [0.2, 0.25) is 0 Å². The lowest BCUT2D eigenvalue weighted by atomic mass is 10.0. The molecule has 0 aliphatic rings. The zero-order chi connectivity index (χ0) is 25.9. The summed E-state index contributed by atoms with van der Waals surface area (Å²) in [6.45, 7) is 9.84. The molecule has 0 saturated heterocycles. The second-order valence-electron chi connectivity index (χ2n) is 8.13. The average Bonchev–Trinajstić information content (AvgIpc) is 2.75. The van der Waals surface area contributed by atoms with Crippen molar-refractivity contribution >= 4 is 17.3 Å². The van der Waals surface area contributed by atoms with Crippen molar-refractivity contribution in [3.05, 3.63) is 69.4 Å². The quantitative estimate of drug-likeness (QED) is 0.286. The van der Waals surface area contributed by atoms with Gasteiger partial charge in [0, 0.05) is 0 Å². The van der Waals surface area contributed by atoms with Gasteiger partial charge in [-0.3, -0.25) is 14.4 Å². The van der Waals surface area contributed by atoms with Gasteiger partial charge in [0.1, 0.15) is 16.8 Å². The molecule has 0 spiro atoms. The first-order valence-corrected chi connectivity index (χ1v) is 9.59. The molecule has 0 aliphatic carbocycles. The van der Waals surface area contributed by atoms with E-state index < -0.39 is 70.9 Å². The topological polar surface area (TPSA) is 178 Å². The first kappa shape index (κ1) is 27.6.